The number of anilines is 1. The maximum absolute atomic E-state index is 14.1. The first-order valence-electron chi connectivity index (χ1n) is 6.92. The first-order valence-corrected chi connectivity index (χ1v) is 6.92. The number of barbiturate groups is 1. The van der Waals surface area contributed by atoms with Crippen LogP contribution >= 0.6 is 0 Å². The zero-order chi connectivity index (χ0) is 15.2. The van der Waals surface area contributed by atoms with Gasteiger partial charge >= 0.3 is 6.03 Å². The lowest BCUT2D eigenvalue weighted by molar-refractivity contribution is -0.142. The number of imide groups is 2. The average molecular weight is 290 g/mol. The van der Waals surface area contributed by atoms with Crippen molar-refractivity contribution in [2.24, 2.45) is 5.41 Å². The lowest BCUT2D eigenvalue weighted by atomic mass is 9.82. The number of nitrogens with zero attached hydrogens (tertiary/aromatic N) is 1. The number of hydrogen-bond acceptors (Lipinski definition) is 3. The smallest absolute Gasteiger partial charge is 0.276 e. The van der Waals surface area contributed by atoms with Crippen molar-refractivity contribution >= 4 is 23.5 Å². The van der Waals surface area contributed by atoms with Crippen LogP contribution in [0.3, 0.4) is 0 Å². The Morgan fingerprint density at radius 2 is 1.86 bits per heavy atom. The van der Waals surface area contributed by atoms with Crippen molar-refractivity contribution in [2.75, 3.05) is 4.90 Å². The molecule has 0 radical (unpaired) electrons. The van der Waals surface area contributed by atoms with Gasteiger partial charge in [-0.15, -0.1) is 0 Å². The first-order chi connectivity index (χ1) is 9.97. The molecule has 21 heavy (non-hydrogen) atoms. The van der Waals surface area contributed by atoms with Crippen LogP contribution in [0.4, 0.5) is 14.9 Å². The molecule has 0 bridgehead atoms. The Morgan fingerprint density at radius 1 is 1.19 bits per heavy atom. The summed E-state index contributed by atoms with van der Waals surface area (Å²) >= 11 is 0. The molecule has 1 N–H and O–H groups in total. The third kappa shape index (κ3) is 1.86. The first kappa shape index (κ1) is 13.7. The van der Waals surface area contributed by atoms with E-state index in [0.717, 1.165) is 17.7 Å². The molecule has 1 aliphatic heterocycles. The molecule has 0 unspecified atom stereocenters. The molecule has 5 nitrogen and oxygen atoms in total. The van der Waals surface area contributed by atoms with Crippen molar-refractivity contribution in [3.05, 3.63) is 29.6 Å². The van der Waals surface area contributed by atoms with E-state index < -0.39 is 29.1 Å². The van der Waals surface area contributed by atoms with Crippen LogP contribution in [-0.4, -0.2) is 17.8 Å². The van der Waals surface area contributed by atoms with Gasteiger partial charge in [0.2, 0.25) is 5.91 Å². The van der Waals surface area contributed by atoms with Crippen molar-refractivity contribution in [3.8, 4) is 0 Å². The molecule has 2 aliphatic rings. The highest BCUT2D eigenvalue weighted by Gasteiger charge is 2.55. The van der Waals surface area contributed by atoms with E-state index in [1.807, 2.05) is 0 Å². The Hall–Kier alpha value is -2.24. The summed E-state index contributed by atoms with van der Waals surface area (Å²) in [5.41, 5.74) is -0.817. The highest BCUT2D eigenvalue weighted by atomic mass is 19.1. The fourth-order valence-corrected chi connectivity index (χ4v) is 3.20. The maximum Gasteiger partial charge on any atom is 0.335 e. The largest absolute Gasteiger partial charge is 0.335 e. The number of urea groups is 1. The average Bonchev–Trinajstić information content (AvgIpc) is 2.91. The Labute approximate surface area is 121 Å². The van der Waals surface area contributed by atoms with Crippen molar-refractivity contribution in [1.82, 2.24) is 5.32 Å². The molecule has 1 saturated carbocycles. The molecule has 0 atom stereocenters. The predicted octanol–water partition coefficient (Wildman–Crippen LogP) is 2.28. The number of amides is 4. The van der Waals surface area contributed by atoms with Crippen molar-refractivity contribution < 1.29 is 18.8 Å². The quantitative estimate of drug-likeness (QED) is 0.807. The number of aryl methyl sites for hydroxylation is 1. The van der Waals surface area contributed by atoms with E-state index in [1.165, 1.54) is 12.1 Å². The van der Waals surface area contributed by atoms with E-state index in [9.17, 15) is 18.8 Å². The number of carbonyl (C=O) groups is 3. The highest BCUT2D eigenvalue weighted by Crippen LogP contribution is 2.43. The third-order valence-electron chi connectivity index (χ3n) is 4.34. The second-order valence-electron chi connectivity index (χ2n) is 5.59. The number of para-hydroxylation sites is 1. The molecule has 2 fully saturated rings. The Kier molecular flexibility index (Phi) is 3.04. The molecule has 1 saturated heterocycles. The number of carbonyl (C=O) groups excluding carboxylic acids is 3. The van der Waals surface area contributed by atoms with Crippen LogP contribution in [0, 0.1) is 18.2 Å². The molecule has 1 aliphatic carbocycles. The zero-order valence-corrected chi connectivity index (χ0v) is 11.6. The standard InChI is InChI=1S/C15H15FN2O3/c1-9-5-4-6-10(16)11(9)18-13(20)15(7-2-3-8-15)12(19)17-14(18)21/h4-6H,2-3,7-8H2,1H3,(H,17,19,21). The normalized spacial score (nSPS) is 21.0. The van der Waals surface area contributed by atoms with Crippen LogP contribution in [0.2, 0.25) is 0 Å². The lowest BCUT2D eigenvalue weighted by Gasteiger charge is -2.37. The molecular weight excluding hydrogens is 275 g/mol. The Bertz CT molecular complexity index is 630. The van der Waals surface area contributed by atoms with E-state index >= 15 is 0 Å². The summed E-state index contributed by atoms with van der Waals surface area (Å²) in [6.07, 6.45) is 2.29. The minimum absolute atomic E-state index is 0.0706. The summed E-state index contributed by atoms with van der Waals surface area (Å²) in [6.45, 7) is 1.62. The van der Waals surface area contributed by atoms with E-state index in [2.05, 4.69) is 5.32 Å². The molecular formula is C15H15FN2O3. The van der Waals surface area contributed by atoms with E-state index in [0.29, 0.717) is 18.4 Å². The molecule has 6 heteroatoms. The van der Waals surface area contributed by atoms with E-state index in [4.69, 9.17) is 0 Å². The van der Waals surface area contributed by atoms with Crippen molar-refractivity contribution in [3.63, 3.8) is 0 Å². The monoisotopic (exact) mass is 290 g/mol. The molecule has 1 aromatic rings. The summed E-state index contributed by atoms with van der Waals surface area (Å²) in [7, 11) is 0. The number of benzene rings is 1. The van der Waals surface area contributed by atoms with Gasteiger partial charge in [-0.3, -0.25) is 14.9 Å². The minimum Gasteiger partial charge on any atom is -0.276 e. The van der Waals surface area contributed by atoms with Gasteiger partial charge in [-0.1, -0.05) is 25.0 Å². The predicted molar refractivity (Wildman–Crippen MR) is 73.1 cm³/mol. The SMILES string of the molecule is Cc1cccc(F)c1N1C(=O)NC(=O)C2(CCCC2)C1=O. The summed E-state index contributed by atoms with van der Waals surface area (Å²) < 4.78 is 14.1. The summed E-state index contributed by atoms with van der Waals surface area (Å²) in [4.78, 5) is 37.7. The van der Waals surface area contributed by atoms with Crippen molar-refractivity contribution in [1.29, 1.82) is 0 Å². The van der Waals surface area contributed by atoms with Gasteiger partial charge in [-0.05, 0) is 31.4 Å². The zero-order valence-electron chi connectivity index (χ0n) is 11.6. The van der Waals surface area contributed by atoms with Crippen LogP contribution in [0.25, 0.3) is 0 Å². The van der Waals surface area contributed by atoms with Crippen LogP contribution in [0.15, 0.2) is 18.2 Å². The molecule has 0 aromatic heterocycles. The van der Waals surface area contributed by atoms with Crippen molar-refractivity contribution in [2.45, 2.75) is 32.6 Å². The van der Waals surface area contributed by atoms with E-state index in [-0.39, 0.29) is 5.69 Å². The van der Waals surface area contributed by atoms with Gasteiger partial charge in [0.15, 0.2) is 0 Å². The lowest BCUT2D eigenvalue weighted by Crippen LogP contribution is -2.63. The van der Waals surface area contributed by atoms with Gasteiger partial charge in [-0.25, -0.2) is 14.1 Å². The summed E-state index contributed by atoms with van der Waals surface area (Å²) in [6, 6.07) is 3.45. The van der Waals surface area contributed by atoms with Gasteiger partial charge in [0.1, 0.15) is 11.2 Å². The van der Waals surface area contributed by atoms with Gasteiger partial charge in [0, 0.05) is 0 Å². The molecule has 1 aromatic carbocycles. The van der Waals surface area contributed by atoms with Gasteiger partial charge in [0.05, 0.1) is 5.69 Å². The van der Waals surface area contributed by atoms with Gasteiger partial charge in [-0.2, -0.15) is 0 Å². The Balaban J connectivity index is 2.11. The molecule has 4 amide bonds. The second kappa shape index (κ2) is 4.65. The number of hydrogen-bond donors (Lipinski definition) is 1. The number of rotatable bonds is 1. The topological polar surface area (TPSA) is 66.5 Å². The van der Waals surface area contributed by atoms with Gasteiger partial charge < -0.3 is 0 Å². The third-order valence-corrected chi connectivity index (χ3v) is 4.34. The van der Waals surface area contributed by atoms with Gasteiger partial charge in [0.25, 0.3) is 5.91 Å². The molecule has 1 spiro atoms. The number of halogens is 1. The van der Waals surface area contributed by atoms with E-state index in [1.54, 1.807) is 13.0 Å². The fourth-order valence-electron chi connectivity index (χ4n) is 3.20. The molecule has 110 valence electrons. The molecule has 1 heterocycles. The molecule has 3 rings (SSSR count). The minimum atomic E-state index is -1.22. The maximum atomic E-state index is 14.1. The summed E-state index contributed by atoms with van der Waals surface area (Å²) in [5, 5.41) is 2.21. The second-order valence-corrected chi connectivity index (χ2v) is 5.59. The summed E-state index contributed by atoms with van der Waals surface area (Å²) in [5.74, 6) is -1.82. The van der Waals surface area contributed by atoms with Crippen LogP contribution < -0.4 is 10.2 Å². The van der Waals surface area contributed by atoms with Crippen LogP contribution in [-0.2, 0) is 9.59 Å². The van der Waals surface area contributed by atoms with Crippen LogP contribution in [0.1, 0.15) is 31.2 Å². The number of nitrogens with one attached hydrogen (secondary N) is 1. The highest BCUT2D eigenvalue weighted by molar-refractivity contribution is 6.30. The Morgan fingerprint density at radius 3 is 2.48 bits per heavy atom. The van der Waals surface area contributed by atoms with Crippen LogP contribution in [0.5, 0.6) is 0 Å². The fraction of sp³-hybridized carbons (Fsp3) is 0.400.